The van der Waals surface area contributed by atoms with Gasteiger partial charge in [0.2, 0.25) is 0 Å². The molecule has 4 heteroatoms. The average Bonchev–Trinajstić information content (AvgIpc) is 2.24. The fourth-order valence-corrected chi connectivity index (χ4v) is 2.35. The fraction of sp³-hybridized carbons (Fsp3) is 0.364. The predicted molar refractivity (Wildman–Crippen MR) is 63.4 cm³/mol. The molecule has 1 aromatic rings. The van der Waals surface area contributed by atoms with E-state index in [2.05, 4.69) is 6.07 Å². The first-order valence-electron chi connectivity index (χ1n) is 4.60. The number of hydrogen-bond donors (Lipinski definition) is 0. The van der Waals surface area contributed by atoms with E-state index in [0.717, 1.165) is 23.7 Å². The van der Waals surface area contributed by atoms with Gasteiger partial charge in [0.25, 0.3) is 0 Å². The molecule has 2 nitrogen and oxygen atoms in total. The second-order valence-electron chi connectivity index (χ2n) is 2.92. The summed E-state index contributed by atoms with van der Waals surface area (Å²) in [6, 6.07) is 7.64. The summed E-state index contributed by atoms with van der Waals surface area (Å²) in [6.07, 6.45) is 0.971. The molecule has 0 aliphatic heterocycles. The molecule has 80 valence electrons. The van der Waals surface area contributed by atoms with Gasteiger partial charge >= 0.3 is 0 Å². The van der Waals surface area contributed by atoms with Crippen molar-refractivity contribution in [3.63, 3.8) is 0 Å². The van der Waals surface area contributed by atoms with Crippen molar-refractivity contribution in [2.24, 2.45) is 0 Å². The molecule has 0 saturated heterocycles. The lowest BCUT2D eigenvalue weighted by molar-refractivity contribution is 0.200. The molecular formula is C11H12ClNOS. The standard InChI is InChI=1S/C11H12ClNOS/c1-14-6-3-7-15-11-5-2-4-10(12)9(11)8-13/h2,4-5H,3,6-7H2,1H3. The zero-order chi connectivity index (χ0) is 11.1. The van der Waals surface area contributed by atoms with Crippen molar-refractivity contribution < 1.29 is 4.74 Å². The molecule has 0 saturated carbocycles. The molecule has 1 rings (SSSR count). The number of thioether (sulfide) groups is 1. The maximum absolute atomic E-state index is 8.93. The fourth-order valence-electron chi connectivity index (χ4n) is 1.12. The van der Waals surface area contributed by atoms with Crippen LogP contribution in [0.3, 0.4) is 0 Å². The third kappa shape index (κ3) is 3.75. The van der Waals surface area contributed by atoms with Crippen molar-refractivity contribution in [1.82, 2.24) is 0 Å². The Bertz CT molecular complexity index is 362. The van der Waals surface area contributed by atoms with Gasteiger partial charge in [0.05, 0.1) is 10.6 Å². The van der Waals surface area contributed by atoms with Crippen LogP contribution in [-0.2, 0) is 4.74 Å². The maximum atomic E-state index is 8.93. The van der Waals surface area contributed by atoms with Gasteiger partial charge in [0.15, 0.2) is 0 Å². The Labute approximate surface area is 99.2 Å². The Balaban J connectivity index is 2.61. The van der Waals surface area contributed by atoms with Crippen molar-refractivity contribution >= 4 is 23.4 Å². The van der Waals surface area contributed by atoms with E-state index >= 15 is 0 Å². The van der Waals surface area contributed by atoms with Crippen molar-refractivity contribution in [1.29, 1.82) is 5.26 Å². The second-order valence-corrected chi connectivity index (χ2v) is 4.46. The molecule has 15 heavy (non-hydrogen) atoms. The third-order valence-electron chi connectivity index (χ3n) is 1.84. The topological polar surface area (TPSA) is 33.0 Å². The van der Waals surface area contributed by atoms with Gasteiger partial charge in [-0.05, 0) is 18.6 Å². The summed E-state index contributed by atoms with van der Waals surface area (Å²) < 4.78 is 4.96. The number of hydrogen-bond acceptors (Lipinski definition) is 3. The van der Waals surface area contributed by atoms with Gasteiger partial charge < -0.3 is 4.74 Å². The highest BCUT2D eigenvalue weighted by atomic mass is 35.5. The number of nitrogens with zero attached hydrogens (tertiary/aromatic N) is 1. The molecule has 0 unspecified atom stereocenters. The van der Waals surface area contributed by atoms with Gasteiger partial charge in [-0.15, -0.1) is 11.8 Å². The van der Waals surface area contributed by atoms with Crippen LogP contribution in [0.5, 0.6) is 0 Å². The van der Waals surface area contributed by atoms with E-state index < -0.39 is 0 Å². The minimum atomic E-state index is 0.522. The van der Waals surface area contributed by atoms with Crippen LogP contribution in [0.4, 0.5) is 0 Å². The average molecular weight is 242 g/mol. The van der Waals surface area contributed by atoms with Crippen molar-refractivity contribution in [2.75, 3.05) is 19.5 Å². The Morgan fingerprint density at radius 3 is 3.00 bits per heavy atom. The molecule has 0 atom stereocenters. The smallest absolute Gasteiger partial charge is 0.102 e. The summed E-state index contributed by atoms with van der Waals surface area (Å²) in [5.74, 6) is 0.933. The van der Waals surface area contributed by atoms with Crippen molar-refractivity contribution in [3.05, 3.63) is 28.8 Å². The maximum Gasteiger partial charge on any atom is 0.102 e. The highest BCUT2D eigenvalue weighted by molar-refractivity contribution is 7.99. The van der Waals surface area contributed by atoms with E-state index in [9.17, 15) is 0 Å². The van der Waals surface area contributed by atoms with Gasteiger partial charge in [-0.1, -0.05) is 17.7 Å². The minimum absolute atomic E-state index is 0.522. The Morgan fingerprint density at radius 2 is 2.33 bits per heavy atom. The van der Waals surface area contributed by atoms with Gasteiger partial charge in [0, 0.05) is 24.4 Å². The predicted octanol–water partition coefficient (Wildman–Crippen LogP) is 3.34. The summed E-state index contributed by atoms with van der Waals surface area (Å²) in [5, 5.41) is 9.45. The van der Waals surface area contributed by atoms with E-state index in [1.165, 1.54) is 0 Å². The number of benzene rings is 1. The molecular weight excluding hydrogens is 230 g/mol. The van der Waals surface area contributed by atoms with Crippen LogP contribution in [-0.4, -0.2) is 19.5 Å². The van der Waals surface area contributed by atoms with Crippen LogP contribution >= 0.6 is 23.4 Å². The third-order valence-corrected chi connectivity index (χ3v) is 3.30. The molecule has 0 radical (unpaired) electrons. The summed E-state index contributed by atoms with van der Waals surface area (Å²) >= 11 is 7.55. The molecule has 0 spiro atoms. The van der Waals surface area contributed by atoms with Crippen LogP contribution in [0.2, 0.25) is 5.02 Å². The lowest BCUT2D eigenvalue weighted by atomic mass is 10.2. The van der Waals surface area contributed by atoms with Gasteiger partial charge in [0.1, 0.15) is 6.07 Å². The summed E-state index contributed by atoms with van der Waals surface area (Å²) in [6.45, 7) is 0.745. The molecule has 0 aliphatic rings. The molecule has 0 fully saturated rings. The van der Waals surface area contributed by atoms with E-state index in [-0.39, 0.29) is 0 Å². The summed E-state index contributed by atoms with van der Waals surface area (Å²) in [4.78, 5) is 0.945. The van der Waals surface area contributed by atoms with Crippen LogP contribution in [0.15, 0.2) is 23.1 Å². The number of methoxy groups -OCH3 is 1. The Morgan fingerprint density at radius 1 is 1.53 bits per heavy atom. The van der Waals surface area contributed by atoms with Gasteiger partial charge in [-0.2, -0.15) is 5.26 Å². The zero-order valence-corrected chi connectivity index (χ0v) is 10.1. The van der Waals surface area contributed by atoms with Crippen molar-refractivity contribution in [2.45, 2.75) is 11.3 Å². The quantitative estimate of drug-likeness (QED) is 0.586. The summed E-state index contributed by atoms with van der Waals surface area (Å²) in [7, 11) is 1.69. The molecule has 1 aromatic carbocycles. The largest absolute Gasteiger partial charge is 0.385 e. The Hall–Kier alpha value is -0.690. The number of nitriles is 1. The van der Waals surface area contributed by atoms with Gasteiger partial charge in [-0.3, -0.25) is 0 Å². The molecule has 0 aromatic heterocycles. The number of halogens is 1. The first kappa shape index (κ1) is 12.4. The van der Waals surface area contributed by atoms with E-state index in [1.54, 1.807) is 24.9 Å². The van der Waals surface area contributed by atoms with Crippen LogP contribution in [0, 0.1) is 11.3 Å². The van der Waals surface area contributed by atoms with Crippen LogP contribution in [0.25, 0.3) is 0 Å². The van der Waals surface area contributed by atoms with E-state index in [0.29, 0.717) is 10.6 Å². The molecule has 0 heterocycles. The SMILES string of the molecule is COCCCSc1cccc(Cl)c1C#N. The number of ether oxygens (including phenoxy) is 1. The van der Waals surface area contributed by atoms with E-state index in [4.69, 9.17) is 21.6 Å². The normalized spacial score (nSPS) is 9.93. The van der Waals surface area contributed by atoms with Gasteiger partial charge in [-0.25, -0.2) is 0 Å². The first-order chi connectivity index (χ1) is 7.29. The molecule has 0 N–H and O–H groups in total. The molecule has 0 amide bonds. The zero-order valence-electron chi connectivity index (χ0n) is 8.50. The second kappa shape index (κ2) is 6.73. The molecule has 0 bridgehead atoms. The molecule has 0 aliphatic carbocycles. The highest BCUT2D eigenvalue weighted by Gasteiger charge is 2.05. The lowest BCUT2D eigenvalue weighted by Crippen LogP contribution is -1.91. The highest BCUT2D eigenvalue weighted by Crippen LogP contribution is 2.27. The van der Waals surface area contributed by atoms with Crippen LogP contribution < -0.4 is 0 Å². The monoisotopic (exact) mass is 241 g/mol. The minimum Gasteiger partial charge on any atom is -0.385 e. The van der Waals surface area contributed by atoms with Crippen molar-refractivity contribution in [3.8, 4) is 6.07 Å². The summed E-state index contributed by atoms with van der Waals surface area (Å²) in [5.41, 5.74) is 0.571. The number of rotatable bonds is 5. The lowest BCUT2D eigenvalue weighted by Gasteiger charge is -2.04. The first-order valence-corrected chi connectivity index (χ1v) is 5.96. The Kier molecular flexibility index (Phi) is 5.56. The van der Waals surface area contributed by atoms with Crippen LogP contribution in [0.1, 0.15) is 12.0 Å². The van der Waals surface area contributed by atoms with E-state index in [1.807, 2.05) is 12.1 Å².